The molecule has 0 unspecified atom stereocenters. The van der Waals surface area contributed by atoms with Crippen LogP contribution in [0.3, 0.4) is 0 Å². The Morgan fingerprint density at radius 3 is 1.34 bits per heavy atom. The average molecular weight is 430 g/mol. The Labute approximate surface area is 188 Å². The lowest BCUT2D eigenvalue weighted by molar-refractivity contribution is -0.131. The van der Waals surface area contributed by atoms with Gasteiger partial charge in [0.1, 0.15) is 0 Å². The van der Waals surface area contributed by atoms with Gasteiger partial charge in [0.15, 0.2) is 0 Å². The summed E-state index contributed by atoms with van der Waals surface area (Å²) < 4.78 is 0. The summed E-state index contributed by atoms with van der Waals surface area (Å²) in [4.78, 5) is 14.9. The molecule has 0 rings (SSSR count). The summed E-state index contributed by atoms with van der Waals surface area (Å²) in [5, 5.41) is 0. The van der Waals surface area contributed by atoms with Crippen LogP contribution in [0.15, 0.2) is 0 Å². The van der Waals surface area contributed by atoms with Gasteiger partial charge in [-0.15, -0.1) is 11.6 Å². The smallest absolute Gasteiger partial charge is 0.222 e. The summed E-state index contributed by atoms with van der Waals surface area (Å²) >= 11 is 5.76. The topological polar surface area (TPSA) is 20.3 Å². The molecule has 0 spiro atoms. The highest BCUT2D eigenvalue weighted by molar-refractivity contribution is 6.17. The van der Waals surface area contributed by atoms with Crippen LogP contribution in [0.2, 0.25) is 0 Å². The van der Waals surface area contributed by atoms with E-state index in [1.165, 1.54) is 103 Å². The second-order valence-corrected chi connectivity index (χ2v) is 9.21. The van der Waals surface area contributed by atoms with Gasteiger partial charge in [-0.1, -0.05) is 110 Å². The monoisotopic (exact) mass is 429 g/mol. The average Bonchev–Trinajstić information content (AvgIpc) is 2.73. The number of hydrogen-bond acceptors (Lipinski definition) is 1. The van der Waals surface area contributed by atoms with Crippen molar-refractivity contribution in [1.29, 1.82) is 0 Å². The first-order chi connectivity index (χ1) is 14.3. The summed E-state index contributed by atoms with van der Waals surface area (Å²) in [5.74, 6) is 1.10. The highest BCUT2D eigenvalue weighted by atomic mass is 35.5. The highest BCUT2D eigenvalue weighted by Crippen LogP contribution is 2.13. The molecule has 0 aromatic heterocycles. The minimum atomic E-state index is 0.380. The van der Waals surface area contributed by atoms with E-state index in [1.54, 1.807) is 0 Å². The Hall–Kier alpha value is -0.240. The second-order valence-electron chi connectivity index (χ2n) is 8.83. The fourth-order valence-electron chi connectivity index (χ4n) is 3.94. The third-order valence-corrected chi connectivity index (χ3v) is 6.21. The number of alkyl halides is 1. The van der Waals surface area contributed by atoms with Gasteiger partial charge in [-0.05, 0) is 25.7 Å². The number of hydrogen-bond donors (Lipinski definition) is 0. The van der Waals surface area contributed by atoms with Crippen LogP contribution in [0.5, 0.6) is 0 Å². The van der Waals surface area contributed by atoms with Crippen LogP contribution < -0.4 is 0 Å². The van der Waals surface area contributed by atoms with E-state index in [2.05, 4.69) is 18.7 Å². The summed E-state index contributed by atoms with van der Waals surface area (Å²) in [6.07, 6.45) is 25.1. The maximum Gasteiger partial charge on any atom is 0.222 e. The Morgan fingerprint density at radius 1 is 0.552 bits per heavy atom. The Bertz CT molecular complexity index is 315. The molecule has 1 amide bonds. The van der Waals surface area contributed by atoms with Gasteiger partial charge < -0.3 is 4.90 Å². The standard InChI is InChI=1S/C26H52ClNO/c1-3-5-7-9-11-13-15-20-24-28(26(29)22-18-17-19-23-27)25-21-16-14-12-10-8-6-4-2/h3-25H2,1-2H3. The fourth-order valence-corrected chi connectivity index (χ4v) is 4.13. The van der Waals surface area contributed by atoms with Crippen LogP contribution in [-0.2, 0) is 4.79 Å². The molecule has 0 fully saturated rings. The van der Waals surface area contributed by atoms with E-state index in [0.717, 1.165) is 32.4 Å². The van der Waals surface area contributed by atoms with E-state index in [4.69, 9.17) is 11.6 Å². The lowest BCUT2D eigenvalue weighted by Gasteiger charge is -2.23. The molecule has 0 saturated carbocycles. The molecule has 0 radical (unpaired) electrons. The van der Waals surface area contributed by atoms with Gasteiger partial charge >= 0.3 is 0 Å². The molecule has 29 heavy (non-hydrogen) atoms. The van der Waals surface area contributed by atoms with Crippen molar-refractivity contribution in [3.63, 3.8) is 0 Å². The van der Waals surface area contributed by atoms with Gasteiger partial charge in [-0.25, -0.2) is 0 Å². The third kappa shape index (κ3) is 20.8. The van der Waals surface area contributed by atoms with E-state index in [-0.39, 0.29) is 0 Å². The van der Waals surface area contributed by atoms with E-state index in [9.17, 15) is 4.79 Å². The first kappa shape index (κ1) is 28.8. The van der Waals surface area contributed by atoms with E-state index in [0.29, 0.717) is 18.2 Å². The molecule has 0 aromatic rings. The molecule has 2 nitrogen and oxygen atoms in total. The van der Waals surface area contributed by atoms with Gasteiger partial charge in [0, 0.05) is 25.4 Å². The lowest BCUT2D eigenvalue weighted by Crippen LogP contribution is -2.32. The number of unbranched alkanes of at least 4 members (excludes halogenated alkanes) is 16. The summed E-state index contributed by atoms with van der Waals surface area (Å²) in [5.41, 5.74) is 0. The Balaban J connectivity index is 3.98. The van der Waals surface area contributed by atoms with Crippen LogP contribution in [0.4, 0.5) is 0 Å². The largest absolute Gasteiger partial charge is 0.343 e. The molecule has 0 saturated heterocycles. The predicted octanol–water partition coefficient (Wildman–Crippen LogP) is 8.90. The molecular weight excluding hydrogens is 378 g/mol. The molecule has 0 heterocycles. The van der Waals surface area contributed by atoms with Crippen molar-refractivity contribution in [3.05, 3.63) is 0 Å². The quantitative estimate of drug-likeness (QED) is 0.117. The molecule has 0 atom stereocenters. The van der Waals surface area contributed by atoms with Crippen LogP contribution >= 0.6 is 11.6 Å². The normalized spacial score (nSPS) is 11.1. The van der Waals surface area contributed by atoms with Crippen molar-refractivity contribution in [1.82, 2.24) is 4.90 Å². The minimum Gasteiger partial charge on any atom is -0.343 e. The number of nitrogens with zero attached hydrogens (tertiary/aromatic N) is 1. The van der Waals surface area contributed by atoms with Gasteiger partial charge in [-0.2, -0.15) is 0 Å². The van der Waals surface area contributed by atoms with Crippen LogP contribution in [-0.4, -0.2) is 29.8 Å². The van der Waals surface area contributed by atoms with E-state index >= 15 is 0 Å². The second kappa shape index (κ2) is 24.0. The molecule has 3 heteroatoms. The van der Waals surface area contributed by atoms with Gasteiger partial charge in [-0.3, -0.25) is 4.79 Å². The molecular formula is C26H52ClNO. The number of carbonyl (C=O) groups is 1. The number of amides is 1. The summed E-state index contributed by atoms with van der Waals surface area (Å²) in [6.45, 7) is 6.49. The van der Waals surface area contributed by atoms with Crippen molar-refractivity contribution in [2.75, 3.05) is 19.0 Å². The molecule has 0 aliphatic rings. The first-order valence-corrected chi connectivity index (χ1v) is 13.6. The fraction of sp³-hybridized carbons (Fsp3) is 0.962. The zero-order valence-electron chi connectivity index (χ0n) is 20.0. The van der Waals surface area contributed by atoms with E-state index in [1.807, 2.05) is 0 Å². The van der Waals surface area contributed by atoms with Crippen molar-refractivity contribution >= 4 is 17.5 Å². The van der Waals surface area contributed by atoms with Gasteiger partial charge in [0.25, 0.3) is 0 Å². The number of carbonyl (C=O) groups excluding carboxylic acids is 1. The summed E-state index contributed by atoms with van der Waals surface area (Å²) in [7, 11) is 0. The van der Waals surface area contributed by atoms with Crippen molar-refractivity contribution in [3.8, 4) is 0 Å². The Morgan fingerprint density at radius 2 is 0.931 bits per heavy atom. The molecule has 0 N–H and O–H groups in total. The molecule has 0 aromatic carbocycles. The SMILES string of the molecule is CCCCCCCCCCN(CCCCCCCCCC)C(=O)CCCCCCl. The zero-order valence-corrected chi connectivity index (χ0v) is 20.8. The number of halogens is 1. The predicted molar refractivity (Wildman–Crippen MR) is 131 cm³/mol. The van der Waals surface area contributed by atoms with Crippen LogP contribution in [0, 0.1) is 0 Å². The third-order valence-electron chi connectivity index (χ3n) is 5.94. The Kier molecular flexibility index (Phi) is 23.8. The number of rotatable bonds is 23. The lowest BCUT2D eigenvalue weighted by atomic mass is 10.1. The van der Waals surface area contributed by atoms with Crippen molar-refractivity contribution in [2.24, 2.45) is 0 Å². The van der Waals surface area contributed by atoms with E-state index < -0.39 is 0 Å². The highest BCUT2D eigenvalue weighted by Gasteiger charge is 2.12. The maximum absolute atomic E-state index is 12.7. The molecule has 0 aliphatic heterocycles. The molecule has 174 valence electrons. The van der Waals surface area contributed by atoms with Crippen LogP contribution in [0.25, 0.3) is 0 Å². The maximum atomic E-state index is 12.7. The minimum absolute atomic E-state index is 0.380. The van der Waals surface area contributed by atoms with Crippen molar-refractivity contribution in [2.45, 2.75) is 142 Å². The van der Waals surface area contributed by atoms with Crippen molar-refractivity contribution < 1.29 is 4.79 Å². The molecule has 0 aliphatic carbocycles. The van der Waals surface area contributed by atoms with Gasteiger partial charge in [0.2, 0.25) is 5.91 Å². The summed E-state index contributed by atoms with van der Waals surface area (Å²) in [6, 6.07) is 0. The zero-order chi connectivity index (χ0) is 21.4. The first-order valence-electron chi connectivity index (χ1n) is 13.1. The van der Waals surface area contributed by atoms with Gasteiger partial charge in [0.05, 0.1) is 0 Å². The van der Waals surface area contributed by atoms with Crippen LogP contribution in [0.1, 0.15) is 142 Å². The molecule has 0 bridgehead atoms.